The first-order chi connectivity index (χ1) is 13.1. The number of hydrogen-bond donors (Lipinski definition) is 1. The second-order valence-corrected chi connectivity index (χ2v) is 7.89. The Labute approximate surface area is 168 Å². The molecule has 144 valence electrons. The summed E-state index contributed by atoms with van der Waals surface area (Å²) in [4.78, 5) is 3.32. The summed E-state index contributed by atoms with van der Waals surface area (Å²) < 4.78 is 5.54. The van der Waals surface area contributed by atoms with Gasteiger partial charge in [0, 0.05) is 24.8 Å². The molecule has 2 aromatic carbocycles. The van der Waals surface area contributed by atoms with Gasteiger partial charge in [0.1, 0.15) is 5.75 Å². The molecule has 0 amide bonds. The average molecular weight is 383 g/mol. The van der Waals surface area contributed by atoms with Crippen LogP contribution in [0.2, 0.25) is 0 Å². The van der Waals surface area contributed by atoms with Gasteiger partial charge in [0.15, 0.2) is 0 Å². The molecular formula is C23H30N2OS. The van der Waals surface area contributed by atoms with Gasteiger partial charge >= 0.3 is 0 Å². The lowest BCUT2D eigenvalue weighted by atomic mass is 9.88. The summed E-state index contributed by atoms with van der Waals surface area (Å²) in [6.45, 7) is 9.01. The van der Waals surface area contributed by atoms with E-state index in [-0.39, 0.29) is 6.04 Å². The third-order valence-electron chi connectivity index (χ3n) is 5.34. The molecule has 1 atom stereocenters. The molecule has 1 aliphatic rings. The maximum absolute atomic E-state index is 5.54. The third-order valence-corrected chi connectivity index (χ3v) is 5.45. The van der Waals surface area contributed by atoms with Crippen LogP contribution >= 0.6 is 12.2 Å². The van der Waals surface area contributed by atoms with E-state index in [9.17, 15) is 0 Å². The second-order valence-electron chi connectivity index (χ2n) is 7.28. The second kappa shape index (κ2) is 9.23. The van der Waals surface area contributed by atoms with Crippen LogP contribution in [0.4, 0.5) is 5.69 Å². The number of rotatable bonds is 6. The Bertz CT molecular complexity index is 734. The van der Waals surface area contributed by atoms with E-state index in [1.165, 1.54) is 29.7 Å². The molecule has 3 rings (SSSR count). The zero-order valence-electron chi connectivity index (χ0n) is 16.6. The van der Waals surface area contributed by atoms with Crippen LogP contribution in [0.15, 0.2) is 48.5 Å². The topological polar surface area (TPSA) is 24.5 Å². The highest BCUT2D eigenvalue weighted by atomic mass is 32.1. The van der Waals surface area contributed by atoms with Crippen molar-refractivity contribution in [3.05, 3.63) is 59.7 Å². The summed E-state index contributed by atoms with van der Waals surface area (Å²) in [5.41, 5.74) is 4.04. The summed E-state index contributed by atoms with van der Waals surface area (Å²) in [7, 11) is 0. The Balaban J connectivity index is 1.56. The molecule has 1 unspecified atom stereocenters. The smallest absolute Gasteiger partial charge is 0.119 e. The van der Waals surface area contributed by atoms with Crippen molar-refractivity contribution in [1.29, 1.82) is 0 Å². The number of nitrogens with one attached hydrogen (secondary N) is 1. The number of hydrogen-bond acceptors (Lipinski definition) is 3. The van der Waals surface area contributed by atoms with Crippen LogP contribution in [0, 0.1) is 0 Å². The number of thiocarbonyl (C=S) groups is 1. The molecule has 1 fully saturated rings. The molecule has 0 bridgehead atoms. The van der Waals surface area contributed by atoms with E-state index in [0.717, 1.165) is 23.8 Å². The average Bonchev–Trinajstić information content (AvgIpc) is 2.69. The minimum absolute atomic E-state index is 0.262. The third kappa shape index (κ3) is 5.23. The summed E-state index contributed by atoms with van der Waals surface area (Å²) in [5, 5.41) is 3.31. The summed E-state index contributed by atoms with van der Waals surface area (Å²) in [6.07, 6.45) is 2.39. The molecule has 4 heteroatoms. The minimum atomic E-state index is 0.262. The standard InChI is InChI=1S/C23H30N2OS/c1-4-26-23-11-9-22(10-12-23)25-15-13-21(14-16-25)20-7-5-19(6-8-20)17(2)24-18(3)27/h5-12,17,21H,4,13-16H2,1-3H3,(H,24,27). The lowest BCUT2D eigenvalue weighted by Gasteiger charge is -2.34. The fourth-order valence-electron chi connectivity index (χ4n) is 3.84. The van der Waals surface area contributed by atoms with E-state index in [2.05, 4.69) is 65.7 Å². The molecule has 2 aromatic rings. The van der Waals surface area contributed by atoms with E-state index in [1.54, 1.807) is 0 Å². The number of ether oxygens (including phenoxy) is 1. The molecule has 1 heterocycles. The van der Waals surface area contributed by atoms with Crippen LogP contribution < -0.4 is 15.0 Å². The van der Waals surface area contributed by atoms with Gasteiger partial charge in [-0.2, -0.15) is 0 Å². The number of nitrogens with zero attached hydrogens (tertiary/aromatic N) is 1. The van der Waals surface area contributed by atoms with Crippen LogP contribution in [-0.2, 0) is 0 Å². The molecule has 1 N–H and O–H groups in total. The predicted molar refractivity (Wildman–Crippen MR) is 118 cm³/mol. The first-order valence-corrected chi connectivity index (χ1v) is 10.3. The molecule has 0 saturated carbocycles. The zero-order chi connectivity index (χ0) is 19.2. The monoisotopic (exact) mass is 382 g/mol. The van der Waals surface area contributed by atoms with Gasteiger partial charge in [-0.15, -0.1) is 0 Å². The zero-order valence-corrected chi connectivity index (χ0v) is 17.4. The van der Waals surface area contributed by atoms with Crippen LogP contribution in [0.3, 0.4) is 0 Å². The molecule has 1 aliphatic heterocycles. The van der Waals surface area contributed by atoms with E-state index in [1.807, 2.05) is 13.8 Å². The van der Waals surface area contributed by atoms with Gasteiger partial charge in [-0.05, 0) is 74.9 Å². The Kier molecular flexibility index (Phi) is 6.73. The molecule has 0 aliphatic carbocycles. The highest BCUT2D eigenvalue weighted by Crippen LogP contribution is 2.31. The van der Waals surface area contributed by atoms with Crippen molar-refractivity contribution < 1.29 is 4.74 Å². The Morgan fingerprint density at radius 2 is 1.74 bits per heavy atom. The highest BCUT2D eigenvalue weighted by Gasteiger charge is 2.21. The lowest BCUT2D eigenvalue weighted by Crippen LogP contribution is -2.32. The lowest BCUT2D eigenvalue weighted by molar-refractivity contribution is 0.340. The van der Waals surface area contributed by atoms with E-state index in [4.69, 9.17) is 17.0 Å². The Hall–Kier alpha value is -2.07. The van der Waals surface area contributed by atoms with E-state index in [0.29, 0.717) is 12.5 Å². The molecule has 3 nitrogen and oxygen atoms in total. The Morgan fingerprint density at radius 3 is 2.30 bits per heavy atom. The maximum atomic E-state index is 5.54. The minimum Gasteiger partial charge on any atom is -0.494 e. The number of anilines is 1. The quantitative estimate of drug-likeness (QED) is 0.670. The van der Waals surface area contributed by atoms with Gasteiger partial charge in [-0.3, -0.25) is 0 Å². The number of piperidine rings is 1. The first-order valence-electron chi connectivity index (χ1n) is 9.91. The fraction of sp³-hybridized carbons (Fsp3) is 0.435. The van der Waals surface area contributed by atoms with Gasteiger partial charge in [0.2, 0.25) is 0 Å². The van der Waals surface area contributed by atoms with Gasteiger partial charge in [0.25, 0.3) is 0 Å². The number of benzene rings is 2. The van der Waals surface area contributed by atoms with Gasteiger partial charge in [0.05, 0.1) is 11.6 Å². The molecule has 27 heavy (non-hydrogen) atoms. The maximum Gasteiger partial charge on any atom is 0.119 e. The largest absolute Gasteiger partial charge is 0.494 e. The van der Waals surface area contributed by atoms with Gasteiger partial charge < -0.3 is 15.0 Å². The molecule has 0 spiro atoms. The van der Waals surface area contributed by atoms with Crippen LogP contribution in [-0.4, -0.2) is 24.7 Å². The summed E-state index contributed by atoms with van der Waals surface area (Å²) >= 11 is 5.15. The molecule has 0 radical (unpaired) electrons. The van der Waals surface area contributed by atoms with Gasteiger partial charge in [-0.25, -0.2) is 0 Å². The molecular weight excluding hydrogens is 352 g/mol. The van der Waals surface area contributed by atoms with Crippen LogP contribution in [0.1, 0.15) is 56.7 Å². The normalized spacial score (nSPS) is 16.0. The van der Waals surface area contributed by atoms with Crippen molar-refractivity contribution in [3.63, 3.8) is 0 Å². The van der Waals surface area contributed by atoms with E-state index >= 15 is 0 Å². The summed E-state index contributed by atoms with van der Waals surface area (Å²) in [6, 6.07) is 17.8. The van der Waals surface area contributed by atoms with Crippen molar-refractivity contribution in [3.8, 4) is 5.75 Å². The van der Waals surface area contributed by atoms with Crippen molar-refractivity contribution in [2.45, 2.75) is 45.6 Å². The van der Waals surface area contributed by atoms with Crippen molar-refractivity contribution in [2.24, 2.45) is 0 Å². The highest BCUT2D eigenvalue weighted by molar-refractivity contribution is 7.80. The van der Waals surface area contributed by atoms with Crippen LogP contribution in [0.5, 0.6) is 5.75 Å². The SMILES string of the molecule is CCOc1ccc(N2CCC(c3ccc(C(C)NC(C)=S)cc3)CC2)cc1. The Morgan fingerprint density at radius 1 is 1.11 bits per heavy atom. The van der Waals surface area contributed by atoms with Crippen molar-refractivity contribution in [1.82, 2.24) is 5.32 Å². The van der Waals surface area contributed by atoms with Crippen LogP contribution in [0.25, 0.3) is 0 Å². The fourth-order valence-corrected chi connectivity index (χ4v) is 4.01. The first kappa shape index (κ1) is 19.7. The van der Waals surface area contributed by atoms with Crippen molar-refractivity contribution >= 4 is 22.9 Å². The van der Waals surface area contributed by atoms with E-state index < -0.39 is 0 Å². The van der Waals surface area contributed by atoms with Crippen molar-refractivity contribution in [2.75, 3.05) is 24.6 Å². The molecule has 1 saturated heterocycles. The summed E-state index contributed by atoms with van der Waals surface area (Å²) in [5.74, 6) is 1.59. The molecule has 0 aromatic heterocycles. The predicted octanol–water partition coefficient (Wildman–Crippen LogP) is 5.47. The van der Waals surface area contributed by atoms with Gasteiger partial charge in [-0.1, -0.05) is 36.5 Å².